The van der Waals surface area contributed by atoms with E-state index in [1.807, 2.05) is 6.92 Å². The molecule has 0 aromatic heterocycles. The summed E-state index contributed by atoms with van der Waals surface area (Å²) < 4.78 is 5.74. The minimum Gasteiger partial charge on any atom is -0.480 e. The highest BCUT2D eigenvalue weighted by Crippen LogP contribution is 2.28. The minimum absolute atomic E-state index is 0.225. The van der Waals surface area contributed by atoms with Gasteiger partial charge in [0.15, 0.2) is 0 Å². The van der Waals surface area contributed by atoms with Crippen molar-refractivity contribution in [3.05, 3.63) is 0 Å². The van der Waals surface area contributed by atoms with Gasteiger partial charge in [-0.15, -0.1) is 0 Å². The van der Waals surface area contributed by atoms with Crippen molar-refractivity contribution in [1.82, 2.24) is 10.2 Å². The molecule has 0 aromatic rings. The summed E-state index contributed by atoms with van der Waals surface area (Å²) in [7, 11) is 0. The van der Waals surface area contributed by atoms with Crippen LogP contribution in [0.1, 0.15) is 53.4 Å². The second-order valence-corrected chi connectivity index (χ2v) is 7.01. The lowest BCUT2D eigenvalue weighted by molar-refractivity contribution is -0.146. The van der Waals surface area contributed by atoms with Crippen LogP contribution in [0.2, 0.25) is 0 Å². The number of rotatable bonds is 7. The Hall–Kier alpha value is -0.650. The van der Waals surface area contributed by atoms with Gasteiger partial charge in [0.05, 0.1) is 12.7 Å². The van der Waals surface area contributed by atoms with Crippen LogP contribution < -0.4 is 5.32 Å². The number of hydrogen-bond acceptors (Lipinski definition) is 4. The predicted octanol–water partition coefficient (Wildman–Crippen LogP) is 1.86. The standard InChI is InChI=1S/C16H30N2O3/c1-5-14-10-21-12(3)9-18(14)11(2)8-16(4,15(19)20)17-13-6-7-13/h11-14,17H,5-10H2,1-4H3,(H,19,20). The Balaban J connectivity index is 2.02. The molecule has 1 saturated carbocycles. The highest BCUT2D eigenvalue weighted by atomic mass is 16.5. The lowest BCUT2D eigenvalue weighted by atomic mass is 9.91. The summed E-state index contributed by atoms with van der Waals surface area (Å²) >= 11 is 0. The number of hydrogen-bond donors (Lipinski definition) is 2. The lowest BCUT2D eigenvalue weighted by Gasteiger charge is -2.44. The van der Waals surface area contributed by atoms with Crippen molar-refractivity contribution in [1.29, 1.82) is 0 Å². The maximum atomic E-state index is 11.7. The van der Waals surface area contributed by atoms with Crippen molar-refractivity contribution in [2.75, 3.05) is 13.2 Å². The molecule has 4 atom stereocenters. The van der Waals surface area contributed by atoms with Gasteiger partial charge in [-0.05, 0) is 46.5 Å². The van der Waals surface area contributed by atoms with E-state index in [1.54, 1.807) is 0 Å². The molecule has 0 aromatic carbocycles. The Bertz CT molecular complexity index is 373. The Kier molecular flexibility index (Phi) is 5.28. The summed E-state index contributed by atoms with van der Waals surface area (Å²) in [5, 5.41) is 12.9. The third kappa shape index (κ3) is 4.18. The Morgan fingerprint density at radius 2 is 2.19 bits per heavy atom. The molecular weight excluding hydrogens is 268 g/mol. The molecule has 5 nitrogen and oxygen atoms in total. The number of carboxylic acids is 1. The van der Waals surface area contributed by atoms with Gasteiger partial charge in [0.25, 0.3) is 0 Å². The summed E-state index contributed by atoms with van der Waals surface area (Å²) in [6.45, 7) is 9.87. The van der Waals surface area contributed by atoms with Gasteiger partial charge in [-0.3, -0.25) is 15.0 Å². The van der Waals surface area contributed by atoms with Crippen molar-refractivity contribution < 1.29 is 14.6 Å². The molecule has 1 heterocycles. The number of nitrogens with zero attached hydrogens (tertiary/aromatic N) is 1. The Morgan fingerprint density at radius 3 is 2.71 bits per heavy atom. The van der Waals surface area contributed by atoms with Gasteiger partial charge < -0.3 is 9.84 Å². The van der Waals surface area contributed by atoms with Crippen LogP contribution in [0.15, 0.2) is 0 Å². The van der Waals surface area contributed by atoms with Gasteiger partial charge in [0.2, 0.25) is 0 Å². The van der Waals surface area contributed by atoms with E-state index >= 15 is 0 Å². The molecule has 2 N–H and O–H groups in total. The number of morpholine rings is 1. The average molecular weight is 298 g/mol. The van der Waals surface area contributed by atoms with Gasteiger partial charge in [-0.1, -0.05) is 6.92 Å². The first kappa shape index (κ1) is 16.7. The quantitative estimate of drug-likeness (QED) is 0.751. The molecule has 5 heteroatoms. The molecule has 0 radical (unpaired) electrons. The van der Waals surface area contributed by atoms with Gasteiger partial charge in [0.1, 0.15) is 5.54 Å². The summed E-state index contributed by atoms with van der Waals surface area (Å²) in [4.78, 5) is 14.1. The van der Waals surface area contributed by atoms with Crippen LogP contribution in [-0.4, -0.2) is 58.9 Å². The predicted molar refractivity (Wildman–Crippen MR) is 82.5 cm³/mol. The third-order valence-electron chi connectivity index (χ3n) is 4.82. The molecule has 2 aliphatic rings. The van der Waals surface area contributed by atoms with E-state index in [4.69, 9.17) is 4.74 Å². The lowest BCUT2D eigenvalue weighted by Crippen LogP contribution is -2.58. The van der Waals surface area contributed by atoms with Crippen LogP contribution >= 0.6 is 0 Å². The first-order valence-electron chi connectivity index (χ1n) is 8.24. The highest BCUT2D eigenvalue weighted by molar-refractivity contribution is 5.78. The van der Waals surface area contributed by atoms with E-state index < -0.39 is 11.5 Å². The van der Waals surface area contributed by atoms with Crippen LogP contribution in [0.3, 0.4) is 0 Å². The monoisotopic (exact) mass is 298 g/mol. The number of ether oxygens (including phenoxy) is 1. The van der Waals surface area contributed by atoms with Crippen LogP contribution in [0.25, 0.3) is 0 Å². The van der Waals surface area contributed by atoms with E-state index in [2.05, 4.69) is 31.0 Å². The van der Waals surface area contributed by atoms with E-state index in [-0.39, 0.29) is 12.1 Å². The SMILES string of the molecule is CCC1COC(C)CN1C(C)CC(C)(NC1CC1)C(=O)O. The van der Waals surface area contributed by atoms with Crippen molar-refractivity contribution in [2.45, 2.75) is 83.1 Å². The van der Waals surface area contributed by atoms with Gasteiger partial charge in [0, 0.05) is 24.7 Å². The topological polar surface area (TPSA) is 61.8 Å². The van der Waals surface area contributed by atoms with Crippen LogP contribution in [0.4, 0.5) is 0 Å². The summed E-state index contributed by atoms with van der Waals surface area (Å²) in [6, 6.07) is 1.02. The summed E-state index contributed by atoms with van der Waals surface area (Å²) in [5.74, 6) is -0.740. The Labute approximate surface area is 128 Å². The zero-order chi connectivity index (χ0) is 15.6. The van der Waals surface area contributed by atoms with Crippen molar-refractivity contribution in [3.63, 3.8) is 0 Å². The number of carbonyl (C=O) groups is 1. The molecule has 1 aliphatic carbocycles. The number of aliphatic carboxylic acids is 1. The Morgan fingerprint density at radius 1 is 1.52 bits per heavy atom. The van der Waals surface area contributed by atoms with Gasteiger partial charge in [-0.25, -0.2) is 0 Å². The molecule has 0 amide bonds. The van der Waals surface area contributed by atoms with Crippen LogP contribution in [-0.2, 0) is 9.53 Å². The van der Waals surface area contributed by atoms with Gasteiger partial charge in [-0.2, -0.15) is 0 Å². The van der Waals surface area contributed by atoms with Gasteiger partial charge >= 0.3 is 5.97 Å². The molecule has 0 bridgehead atoms. The minimum atomic E-state index is -0.833. The molecule has 122 valence electrons. The van der Waals surface area contributed by atoms with Crippen LogP contribution in [0, 0.1) is 0 Å². The zero-order valence-corrected chi connectivity index (χ0v) is 13.8. The molecule has 1 saturated heterocycles. The number of carboxylic acid groups (broad SMARTS) is 1. The fourth-order valence-corrected chi connectivity index (χ4v) is 3.36. The third-order valence-corrected chi connectivity index (χ3v) is 4.82. The van der Waals surface area contributed by atoms with Crippen molar-refractivity contribution in [2.24, 2.45) is 0 Å². The van der Waals surface area contributed by atoms with E-state index in [1.165, 1.54) is 0 Å². The van der Waals surface area contributed by atoms with E-state index in [0.717, 1.165) is 32.4 Å². The zero-order valence-electron chi connectivity index (χ0n) is 13.8. The fraction of sp³-hybridized carbons (Fsp3) is 0.938. The molecule has 2 rings (SSSR count). The second kappa shape index (κ2) is 6.63. The van der Waals surface area contributed by atoms with E-state index in [0.29, 0.717) is 18.5 Å². The molecule has 1 aliphatic heterocycles. The van der Waals surface area contributed by atoms with Crippen molar-refractivity contribution >= 4 is 5.97 Å². The summed E-state index contributed by atoms with van der Waals surface area (Å²) in [5.41, 5.74) is -0.833. The van der Waals surface area contributed by atoms with Crippen molar-refractivity contribution in [3.8, 4) is 0 Å². The molecule has 2 fully saturated rings. The maximum Gasteiger partial charge on any atom is 0.323 e. The highest BCUT2D eigenvalue weighted by Gasteiger charge is 2.41. The van der Waals surface area contributed by atoms with E-state index in [9.17, 15) is 9.90 Å². The first-order valence-corrected chi connectivity index (χ1v) is 8.24. The molecular formula is C16H30N2O3. The molecule has 21 heavy (non-hydrogen) atoms. The molecule has 4 unspecified atom stereocenters. The van der Waals surface area contributed by atoms with Crippen LogP contribution in [0.5, 0.6) is 0 Å². The fourth-order valence-electron chi connectivity index (χ4n) is 3.36. The smallest absolute Gasteiger partial charge is 0.323 e. The average Bonchev–Trinajstić information content (AvgIpc) is 3.22. The largest absolute Gasteiger partial charge is 0.480 e. The first-order chi connectivity index (χ1) is 9.85. The number of nitrogens with one attached hydrogen (secondary N) is 1. The summed E-state index contributed by atoms with van der Waals surface area (Å²) in [6.07, 6.45) is 4.09. The molecule has 0 spiro atoms. The maximum absolute atomic E-state index is 11.7. The normalized spacial score (nSPS) is 31.6. The second-order valence-electron chi connectivity index (χ2n) is 7.01.